The van der Waals surface area contributed by atoms with E-state index in [2.05, 4.69) is 5.32 Å². The van der Waals surface area contributed by atoms with Crippen LogP contribution in [0, 0.1) is 0 Å². The van der Waals surface area contributed by atoms with E-state index in [-0.39, 0.29) is 6.04 Å². The van der Waals surface area contributed by atoms with E-state index in [1.54, 1.807) is 4.31 Å². The number of aryl methyl sites for hydroxylation is 1. The Morgan fingerprint density at radius 3 is 2.48 bits per heavy atom. The number of hydrogen-bond acceptors (Lipinski definition) is 3. The van der Waals surface area contributed by atoms with Gasteiger partial charge in [0.05, 0.1) is 4.90 Å². The van der Waals surface area contributed by atoms with Gasteiger partial charge in [0.2, 0.25) is 10.0 Å². The number of nitrogens with one attached hydrogen (secondary N) is 1. The molecular weight excluding hydrogens is 284 g/mol. The van der Waals surface area contributed by atoms with Gasteiger partial charge < -0.3 is 5.32 Å². The van der Waals surface area contributed by atoms with E-state index in [0.717, 1.165) is 36.9 Å². The van der Waals surface area contributed by atoms with Crippen LogP contribution in [0.25, 0.3) is 0 Å². The summed E-state index contributed by atoms with van der Waals surface area (Å²) in [5.74, 6) is 0. The lowest BCUT2D eigenvalue weighted by atomic mass is 10.1. The second kappa shape index (κ2) is 6.90. The molecule has 2 rings (SSSR count). The fourth-order valence-electron chi connectivity index (χ4n) is 2.62. The quantitative estimate of drug-likeness (QED) is 0.803. The molecular formula is C16H26N2O2S. The summed E-state index contributed by atoms with van der Waals surface area (Å²) in [6, 6.07) is 6.04. The largest absolute Gasteiger partial charge is 0.313 e. The van der Waals surface area contributed by atoms with Gasteiger partial charge in [0.15, 0.2) is 0 Å². The first-order valence-electron chi connectivity index (χ1n) is 7.88. The normalized spacial score (nSPS) is 15.6. The van der Waals surface area contributed by atoms with Crippen molar-refractivity contribution in [3.8, 4) is 0 Å². The van der Waals surface area contributed by atoms with Crippen LogP contribution < -0.4 is 5.32 Å². The predicted octanol–water partition coefficient (Wildman–Crippen LogP) is 2.53. The summed E-state index contributed by atoms with van der Waals surface area (Å²) in [4.78, 5) is 0.495. The minimum absolute atomic E-state index is 0.210. The van der Waals surface area contributed by atoms with Crippen LogP contribution in [0.1, 0.15) is 44.7 Å². The molecule has 0 spiro atoms. The first-order chi connectivity index (χ1) is 10.0. The van der Waals surface area contributed by atoms with Crippen LogP contribution in [0.3, 0.4) is 0 Å². The third-order valence-electron chi connectivity index (χ3n) is 3.94. The molecule has 1 saturated carbocycles. The zero-order chi connectivity index (χ0) is 15.5. The Kier molecular flexibility index (Phi) is 5.41. The van der Waals surface area contributed by atoms with E-state index in [9.17, 15) is 8.42 Å². The molecule has 21 heavy (non-hydrogen) atoms. The average Bonchev–Trinajstić information content (AvgIpc) is 3.30. The molecule has 0 aliphatic heterocycles. The second-order valence-electron chi connectivity index (χ2n) is 5.52. The molecule has 1 aromatic carbocycles. The Balaban J connectivity index is 2.39. The predicted molar refractivity (Wildman–Crippen MR) is 85.8 cm³/mol. The molecule has 0 radical (unpaired) electrons. The van der Waals surface area contributed by atoms with Gasteiger partial charge in [-0.25, -0.2) is 8.42 Å². The maximum Gasteiger partial charge on any atom is 0.243 e. The number of hydrogen-bond donors (Lipinski definition) is 1. The molecule has 1 aromatic rings. The van der Waals surface area contributed by atoms with Crippen LogP contribution >= 0.6 is 0 Å². The molecule has 4 nitrogen and oxygen atoms in total. The molecule has 0 unspecified atom stereocenters. The minimum atomic E-state index is -3.37. The van der Waals surface area contributed by atoms with Gasteiger partial charge in [-0.3, -0.25) is 0 Å². The van der Waals surface area contributed by atoms with Crippen molar-refractivity contribution >= 4 is 10.0 Å². The van der Waals surface area contributed by atoms with E-state index in [1.165, 1.54) is 0 Å². The van der Waals surface area contributed by atoms with Gasteiger partial charge in [0.25, 0.3) is 0 Å². The monoisotopic (exact) mass is 310 g/mol. The van der Waals surface area contributed by atoms with Gasteiger partial charge in [0.1, 0.15) is 0 Å². The molecule has 118 valence electrons. The van der Waals surface area contributed by atoms with Gasteiger partial charge in [-0.1, -0.05) is 32.9 Å². The van der Waals surface area contributed by atoms with E-state index >= 15 is 0 Å². The molecule has 1 fully saturated rings. The number of benzene rings is 1. The lowest BCUT2D eigenvalue weighted by molar-refractivity contribution is 0.420. The summed E-state index contributed by atoms with van der Waals surface area (Å²) in [6.07, 6.45) is 2.72. The summed E-state index contributed by atoms with van der Waals surface area (Å²) in [7, 11) is -3.37. The van der Waals surface area contributed by atoms with Gasteiger partial charge in [-0.2, -0.15) is 4.31 Å². The Labute approximate surface area is 128 Å². The fraction of sp³-hybridized carbons (Fsp3) is 0.625. The smallest absolute Gasteiger partial charge is 0.243 e. The molecule has 1 aliphatic rings. The molecule has 5 heteroatoms. The van der Waals surface area contributed by atoms with Crippen LogP contribution in [-0.2, 0) is 23.0 Å². The Morgan fingerprint density at radius 2 is 1.95 bits per heavy atom. The third kappa shape index (κ3) is 3.65. The van der Waals surface area contributed by atoms with Crippen molar-refractivity contribution in [2.24, 2.45) is 0 Å². The van der Waals surface area contributed by atoms with Crippen molar-refractivity contribution < 1.29 is 8.42 Å². The summed E-state index contributed by atoms with van der Waals surface area (Å²) in [5, 5.41) is 3.25. The third-order valence-corrected chi connectivity index (χ3v) is 6.05. The highest BCUT2D eigenvalue weighted by atomic mass is 32.2. The summed E-state index contributed by atoms with van der Waals surface area (Å²) >= 11 is 0. The molecule has 0 bridgehead atoms. The molecule has 0 atom stereocenters. The highest BCUT2D eigenvalue weighted by Crippen LogP contribution is 2.33. The van der Waals surface area contributed by atoms with Gasteiger partial charge in [-0.05, 0) is 43.0 Å². The van der Waals surface area contributed by atoms with Crippen molar-refractivity contribution in [1.29, 1.82) is 0 Å². The van der Waals surface area contributed by atoms with Crippen LogP contribution in [0.15, 0.2) is 23.1 Å². The number of nitrogens with zero attached hydrogens (tertiary/aromatic N) is 1. The van der Waals surface area contributed by atoms with E-state index in [1.807, 2.05) is 39.0 Å². The van der Waals surface area contributed by atoms with Crippen molar-refractivity contribution in [2.75, 3.05) is 13.1 Å². The van der Waals surface area contributed by atoms with Crippen LogP contribution in [0.4, 0.5) is 0 Å². The molecule has 0 amide bonds. The highest BCUT2D eigenvalue weighted by molar-refractivity contribution is 7.89. The summed E-state index contributed by atoms with van der Waals surface area (Å²) in [6.45, 7) is 8.10. The summed E-state index contributed by atoms with van der Waals surface area (Å²) < 4.78 is 27.6. The lowest BCUT2D eigenvalue weighted by Crippen LogP contribution is -2.33. The highest BCUT2D eigenvalue weighted by Gasteiger charge is 2.37. The van der Waals surface area contributed by atoms with Crippen LogP contribution in [0.2, 0.25) is 0 Å². The molecule has 1 aliphatic carbocycles. The molecule has 0 aromatic heterocycles. The SMILES string of the molecule is CCNCc1ccc(CC)c(S(=O)(=O)N(CC)C2CC2)c1. The van der Waals surface area contributed by atoms with Gasteiger partial charge in [-0.15, -0.1) is 0 Å². The Bertz CT molecular complexity index is 580. The average molecular weight is 310 g/mol. The minimum Gasteiger partial charge on any atom is -0.313 e. The van der Waals surface area contributed by atoms with Gasteiger partial charge in [0, 0.05) is 19.1 Å². The zero-order valence-electron chi connectivity index (χ0n) is 13.2. The fourth-order valence-corrected chi connectivity index (χ4v) is 4.66. The van der Waals surface area contributed by atoms with Crippen molar-refractivity contribution in [1.82, 2.24) is 9.62 Å². The standard InChI is InChI=1S/C16H26N2O2S/c1-4-14-8-7-13(12-17-5-2)11-16(14)21(19,20)18(6-3)15-9-10-15/h7-8,11,15,17H,4-6,9-10,12H2,1-3H3. The first kappa shape index (κ1) is 16.5. The van der Waals surface area contributed by atoms with E-state index < -0.39 is 10.0 Å². The lowest BCUT2D eigenvalue weighted by Gasteiger charge is -2.22. The number of sulfonamides is 1. The maximum absolute atomic E-state index is 13.0. The second-order valence-corrected chi connectivity index (χ2v) is 7.37. The van der Waals surface area contributed by atoms with Crippen LogP contribution in [0.5, 0.6) is 0 Å². The zero-order valence-corrected chi connectivity index (χ0v) is 14.0. The summed E-state index contributed by atoms with van der Waals surface area (Å²) in [5.41, 5.74) is 1.94. The number of rotatable bonds is 8. The van der Waals surface area contributed by atoms with Crippen molar-refractivity contribution in [2.45, 2.75) is 57.5 Å². The first-order valence-corrected chi connectivity index (χ1v) is 9.32. The van der Waals surface area contributed by atoms with Gasteiger partial charge >= 0.3 is 0 Å². The topological polar surface area (TPSA) is 49.4 Å². The van der Waals surface area contributed by atoms with Crippen molar-refractivity contribution in [3.05, 3.63) is 29.3 Å². The Morgan fingerprint density at radius 1 is 1.24 bits per heavy atom. The molecule has 0 heterocycles. The molecule has 1 N–H and O–H groups in total. The molecule has 0 saturated heterocycles. The van der Waals surface area contributed by atoms with Crippen LogP contribution in [-0.4, -0.2) is 31.9 Å². The van der Waals surface area contributed by atoms with E-state index in [4.69, 9.17) is 0 Å². The Hall–Kier alpha value is -0.910. The van der Waals surface area contributed by atoms with Crippen molar-refractivity contribution in [3.63, 3.8) is 0 Å². The van der Waals surface area contributed by atoms with E-state index in [0.29, 0.717) is 18.0 Å². The maximum atomic E-state index is 13.0.